The molecule has 3 nitrogen and oxygen atoms in total. The van der Waals surface area contributed by atoms with Gasteiger partial charge in [0.1, 0.15) is 5.82 Å². The summed E-state index contributed by atoms with van der Waals surface area (Å²) in [5, 5.41) is 3.94. The maximum absolute atomic E-state index is 13.7. The van der Waals surface area contributed by atoms with E-state index in [1.807, 2.05) is 30.3 Å². The molecule has 20 heavy (non-hydrogen) atoms. The summed E-state index contributed by atoms with van der Waals surface area (Å²) in [6, 6.07) is 16.0. The zero-order chi connectivity index (χ0) is 13.9. The predicted molar refractivity (Wildman–Crippen MR) is 78.3 cm³/mol. The number of nitrogens with one attached hydrogen (secondary N) is 2. The van der Waals surface area contributed by atoms with Gasteiger partial charge in [0.25, 0.3) is 0 Å². The Labute approximate surface area is 115 Å². The molecular formula is C16H13FN2O. The summed E-state index contributed by atoms with van der Waals surface area (Å²) in [5.74, 6) is -0.416. The van der Waals surface area contributed by atoms with Crippen LogP contribution in [0, 0.1) is 5.82 Å². The lowest BCUT2D eigenvalue weighted by Gasteiger charge is -2.09. The van der Waals surface area contributed by atoms with Gasteiger partial charge < -0.3 is 10.3 Å². The number of para-hydroxylation sites is 2. The van der Waals surface area contributed by atoms with Crippen molar-refractivity contribution >= 4 is 16.6 Å². The lowest BCUT2D eigenvalue weighted by Crippen LogP contribution is -2.10. The number of benzene rings is 2. The van der Waals surface area contributed by atoms with Crippen molar-refractivity contribution in [3.05, 3.63) is 76.3 Å². The zero-order valence-corrected chi connectivity index (χ0v) is 10.7. The number of aromatic amines is 1. The molecule has 0 saturated heterocycles. The van der Waals surface area contributed by atoms with Gasteiger partial charge in [-0.25, -0.2) is 4.39 Å². The minimum absolute atomic E-state index is 0.255. The third-order valence-electron chi connectivity index (χ3n) is 3.17. The summed E-state index contributed by atoms with van der Waals surface area (Å²) in [4.78, 5) is 14.2. The number of aromatic nitrogens is 1. The van der Waals surface area contributed by atoms with Crippen molar-refractivity contribution in [1.82, 2.24) is 4.98 Å². The Kier molecular flexibility index (Phi) is 3.21. The first-order valence-electron chi connectivity index (χ1n) is 6.33. The Hall–Kier alpha value is -2.62. The van der Waals surface area contributed by atoms with Crippen LogP contribution in [-0.2, 0) is 6.54 Å². The smallest absolute Gasteiger partial charge is 0.248 e. The molecule has 3 rings (SSSR count). The summed E-state index contributed by atoms with van der Waals surface area (Å²) >= 11 is 0. The Morgan fingerprint density at radius 1 is 1.05 bits per heavy atom. The van der Waals surface area contributed by atoms with Gasteiger partial charge in [-0.3, -0.25) is 4.79 Å². The summed E-state index contributed by atoms with van der Waals surface area (Å²) in [6.45, 7) is 0.466. The molecule has 3 aromatic rings. The molecule has 1 aromatic heterocycles. The van der Waals surface area contributed by atoms with Crippen LogP contribution in [0.2, 0.25) is 0 Å². The van der Waals surface area contributed by atoms with Crippen LogP contribution in [0.1, 0.15) is 5.56 Å². The van der Waals surface area contributed by atoms with Crippen LogP contribution in [0.5, 0.6) is 0 Å². The molecular weight excluding hydrogens is 255 g/mol. The Morgan fingerprint density at radius 3 is 2.65 bits per heavy atom. The molecule has 0 aliphatic rings. The highest BCUT2D eigenvalue weighted by Crippen LogP contribution is 2.19. The Balaban J connectivity index is 1.99. The summed E-state index contributed by atoms with van der Waals surface area (Å²) in [7, 11) is 0. The average molecular weight is 268 g/mol. The molecule has 2 N–H and O–H groups in total. The van der Waals surface area contributed by atoms with Crippen molar-refractivity contribution in [1.29, 1.82) is 0 Å². The minimum atomic E-state index is -0.416. The van der Waals surface area contributed by atoms with E-state index in [0.717, 1.165) is 11.3 Å². The van der Waals surface area contributed by atoms with Crippen LogP contribution in [0.15, 0.2) is 59.4 Å². The van der Waals surface area contributed by atoms with Crippen molar-refractivity contribution in [2.75, 3.05) is 5.32 Å². The van der Waals surface area contributed by atoms with Crippen molar-refractivity contribution in [2.24, 2.45) is 0 Å². The summed E-state index contributed by atoms with van der Waals surface area (Å²) < 4.78 is 13.7. The molecule has 100 valence electrons. The number of rotatable bonds is 3. The highest BCUT2D eigenvalue weighted by molar-refractivity contribution is 5.82. The van der Waals surface area contributed by atoms with Gasteiger partial charge in [0, 0.05) is 23.7 Å². The number of hydrogen-bond acceptors (Lipinski definition) is 2. The first-order chi connectivity index (χ1) is 9.74. The average Bonchev–Trinajstić information content (AvgIpc) is 2.47. The van der Waals surface area contributed by atoms with Crippen LogP contribution in [-0.4, -0.2) is 4.98 Å². The quantitative estimate of drug-likeness (QED) is 0.765. The van der Waals surface area contributed by atoms with E-state index >= 15 is 0 Å². The number of H-pyrrole nitrogens is 1. The van der Waals surface area contributed by atoms with Gasteiger partial charge in [0.15, 0.2) is 0 Å². The first-order valence-corrected chi connectivity index (χ1v) is 6.33. The van der Waals surface area contributed by atoms with E-state index in [-0.39, 0.29) is 11.1 Å². The highest BCUT2D eigenvalue weighted by Gasteiger charge is 2.06. The maximum atomic E-state index is 13.7. The number of fused-ring (bicyclic) bond motifs is 1. The van der Waals surface area contributed by atoms with Crippen LogP contribution in [0.3, 0.4) is 0 Å². The summed E-state index contributed by atoms with van der Waals surface area (Å²) in [6.07, 6.45) is 0. The second-order valence-corrected chi connectivity index (χ2v) is 4.54. The van der Waals surface area contributed by atoms with Gasteiger partial charge in [-0.15, -0.1) is 0 Å². The normalized spacial score (nSPS) is 10.7. The van der Waals surface area contributed by atoms with Crippen molar-refractivity contribution in [3.63, 3.8) is 0 Å². The van der Waals surface area contributed by atoms with Crippen LogP contribution in [0.4, 0.5) is 10.1 Å². The van der Waals surface area contributed by atoms with Crippen LogP contribution < -0.4 is 10.9 Å². The molecule has 0 unspecified atom stereocenters. The fourth-order valence-electron chi connectivity index (χ4n) is 2.21. The van der Waals surface area contributed by atoms with Gasteiger partial charge in [-0.2, -0.15) is 0 Å². The van der Waals surface area contributed by atoms with Crippen molar-refractivity contribution < 1.29 is 4.39 Å². The molecule has 0 fully saturated rings. The number of hydrogen-bond donors (Lipinski definition) is 2. The van der Waals surface area contributed by atoms with Gasteiger partial charge in [-0.1, -0.05) is 30.3 Å². The molecule has 0 atom stereocenters. The number of halogens is 1. The summed E-state index contributed by atoms with van der Waals surface area (Å²) in [5.41, 5.74) is 1.68. The molecule has 0 spiro atoms. The van der Waals surface area contributed by atoms with Gasteiger partial charge >= 0.3 is 0 Å². The minimum Gasteiger partial charge on any atom is -0.381 e. The monoisotopic (exact) mass is 268 g/mol. The standard InChI is InChI=1S/C16H13FN2O/c17-14-8-4-7-13-11(9-15(20)19-16(13)14)10-18-12-5-2-1-3-6-12/h1-9,18H,10H2,(H,19,20). The third-order valence-corrected chi connectivity index (χ3v) is 3.17. The molecule has 0 saturated carbocycles. The number of pyridine rings is 1. The maximum Gasteiger partial charge on any atom is 0.248 e. The van der Waals surface area contributed by atoms with Crippen LogP contribution in [0.25, 0.3) is 10.9 Å². The third kappa shape index (κ3) is 2.40. The van der Waals surface area contributed by atoms with E-state index in [0.29, 0.717) is 11.9 Å². The Bertz CT molecular complexity index is 796. The van der Waals surface area contributed by atoms with Crippen molar-refractivity contribution in [3.8, 4) is 0 Å². The van der Waals surface area contributed by atoms with E-state index in [4.69, 9.17) is 0 Å². The van der Waals surface area contributed by atoms with E-state index < -0.39 is 5.82 Å². The van der Waals surface area contributed by atoms with Crippen molar-refractivity contribution in [2.45, 2.75) is 6.54 Å². The molecule has 2 aromatic carbocycles. The lowest BCUT2D eigenvalue weighted by atomic mass is 10.1. The van der Waals surface area contributed by atoms with Crippen LogP contribution >= 0.6 is 0 Å². The molecule has 1 heterocycles. The van der Waals surface area contributed by atoms with E-state index in [9.17, 15) is 9.18 Å². The molecule has 4 heteroatoms. The number of anilines is 1. The fraction of sp³-hybridized carbons (Fsp3) is 0.0625. The largest absolute Gasteiger partial charge is 0.381 e. The second-order valence-electron chi connectivity index (χ2n) is 4.54. The molecule has 0 amide bonds. The predicted octanol–water partition coefficient (Wildman–Crippen LogP) is 3.28. The topological polar surface area (TPSA) is 44.9 Å². The van der Waals surface area contributed by atoms with Gasteiger partial charge in [0.05, 0.1) is 5.52 Å². The van der Waals surface area contributed by atoms with E-state index in [2.05, 4.69) is 10.3 Å². The highest BCUT2D eigenvalue weighted by atomic mass is 19.1. The van der Waals surface area contributed by atoms with E-state index in [1.165, 1.54) is 12.1 Å². The molecule has 0 bridgehead atoms. The van der Waals surface area contributed by atoms with Gasteiger partial charge in [-0.05, 0) is 23.8 Å². The molecule has 0 aliphatic heterocycles. The molecule has 0 aliphatic carbocycles. The fourth-order valence-corrected chi connectivity index (χ4v) is 2.21. The SMILES string of the molecule is O=c1cc(CNc2ccccc2)c2cccc(F)c2[nH]1. The lowest BCUT2D eigenvalue weighted by molar-refractivity contribution is 0.636. The Morgan fingerprint density at radius 2 is 1.85 bits per heavy atom. The molecule has 0 radical (unpaired) electrons. The first kappa shape index (κ1) is 12.4. The van der Waals surface area contributed by atoms with Gasteiger partial charge in [0.2, 0.25) is 5.56 Å². The van der Waals surface area contributed by atoms with E-state index in [1.54, 1.807) is 12.1 Å². The second kappa shape index (κ2) is 5.17. The zero-order valence-electron chi connectivity index (χ0n) is 10.7.